The summed E-state index contributed by atoms with van der Waals surface area (Å²) in [5, 5.41) is 5.94. The first-order valence-electron chi connectivity index (χ1n) is 6.32. The molecule has 0 unspecified atom stereocenters. The fraction of sp³-hybridized carbons (Fsp3) is 0.500. The zero-order valence-corrected chi connectivity index (χ0v) is 11.5. The fourth-order valence-corrected chi connectivity index (χ4v) is 1.72. The highest BCUT2D eigenvalue weighted by Gasteiger charge is 2.05. The molecule has 0 aliphatic rings. The third-order valence-electron chi connectivity index (χ3n) is 2.62. The molecule has 100 valence electrons. The first-order valence-corrected chi connectivity index (χ1v) is 6.32. The molecule has 0 fully saturated rings. The predicted octanol–water partition coefficient (Wildman–Crippen LogP) is 0.974. The molecular formula is C14H23N3O. The Morgan fingerprint density at radius 3 is 2.50 bits per heavy atom. The fourth-order valence-electron chi connectivity index (χ4n) is 1.72. The quantitative estimate of drug-likeness (QED) is 0.757. The van der Waals surface area contributed by atoms with E-state index in [-0.39, 0.29) is 5.91 Å². The molecule has 0 atom stereocenters. The van der Waals surface area contributed by atoms with Gasteiger partial charge in [-0.15, -0.1) is 0 Å². The van der Waals surface area contributed by atoms with E-state index in [1.165, 1.54) is 11.1 Å². The van der Waals surface area contributed by atoms with Gasteiger partial charge < -0.3 is 15.5 Å². The van der Waals surface area contributed by atoms with Gasteiger partial charge in [0.25, 0.3) is 0 Å². The van der Waals surface area contributed by atoms with Gasteiger partial charge in [0, 0.05) is 13.1 Å². The summed E-state index contributed by atoms with van der Waals surface area (Å²) in [5.41, 5.74) is 2.43. The lowest BCUT2D eigenvalue weighted by atomic mass is 10.1. The number of nitrogens with one attached hydrogen (secondary N) is 2. The van der Waals surface area contributed by atoms with Crippen molar-refractivity contribution in [3.63, 3.8) is 0 Å². The summed E-state index contributed by atoms with van der Waals surface area (Å²) in [5.74, 6) is 0.0384. The molecule has 0 bridgehead atoms. The van der Waals surface area contributed by atoms with Crippen LogP contribution >= 0.6 is 0 Å². The van der Waals surface area contributed by atoms with Gasteiger partial charge >= 0.3 is 0 Å². The molecule has 1 aromatic carbocycles. The Morgan fingerprint density at radius 2 is 1.89 bits per heavy atom. The van der Waals surface area contributed by atoms with Crippen LogP contribution in [0.5, 0.6) is 0 Å². The summed E-state index contributed by atoms with van der Waals surface area (Å²) in [6, 6.07) is 8.20. The lowest BCUT2D eigenvalue weighted by molar-refractivity contribution is -0.120. The second kappa shape index (κ2) is 7.84. The second-order valence-electron chi connectivity index (χ2n) is 4.56. The molecule has 1 amide bonds. The van der Waals surface area contributed by atoms with Gasteiger partial charge in [-0.2, -0.15) is 0 Å². The van der Waals surface area contributed by atoms with Crippen molar-refractivity contribution in [3.05, 3.63) is 35.4 Å². The Morgan fingerprint density at radius 1 is 1.22 bits per heavy atom. The number of benzene rings is 1. The number of carbonyl (C=O) groups is 1. The van der Waals surface area contributed by atoms with Crippen LogP contribution in [-0.4, -0.2) is 38.0 Å². The Labute approximate surface area is 109 Å². The van der Waals surface area contributed by atoms with E-state index in [0.717, 1.165) is 13.1 Å². The number of rotatable bonds is 7. The molecule has 0 aromatic heterocycles. The number of carbonyl (C=O) groups excluding carboxylic acids is 1. The van der Waals surface area contributed by atoms with E-state index in [1.54, 1.807) is 0 Å². The zero-order chi connectivity index (χ0) is 13.4. The smallest absolute Gasteiger partial charge is 0.234 e. The van der Waals surface area contributed by atoms with Gasteiger partial charge in [0.15, 0.2) is 0 Å². The predicted molar refractivity (Wildman–Crippen MR) is 74.2 cm³/mol. The van der Waals surface area contributed by atoms with E-state index in [4.69, 9.17) is 0 Å². The molecule has 18 heavy (non-hydrogen) atoms. The summed E-state index contributed by atoms with van der Waals surface area (Å²) < 4.78 is 0. The largest absolute Gasteiger partial charge is 0.351 e. The molecular weight excluding hydrogens is 226 g/mol. The van der Waals surface area contributed by atoms with Crippen molar-refractivity contribution in [2.75, 3.05) is 27.2 Å². The van der Waals surface area contributed by atoms with Gasteiger partial charge in [-0.05, 0) is 31.8 Å². The van der Waals surface area contributed by atoms with Crippen LogP contribution in [0.4, 0.5) is 0 Å². The van der Waals surface area contributed by atoms with Crippen LogP contribution in [0.2, 0.25) is 0 Å². The van der Waals surface area contributed by atoms with Gasteiger partial charge in [0.1, 0.15) is 0 Å². The first-order chi connectivity index (χ1) is 8.63. The number of hydrogen-bond donors (Lipinski definition) is 2. The minimum absolute atomic E-state index is 0.0384. The van der Waals surface area contributed by atoms with Crippen LogP contribution in [-0.2, 0) is 17.9 Å². The van der Waals surface area contributed by atoms with Crippen molar-refractivity contribution in [3.8, 4) is 0 Å². The standard InChI is InChI=1S/C14H23N3O/c1-4-15-10-14(18)16-9-12-7-5-6-8-13(12)11-17(2)3/h5-8,15H,4,9-11H2,1-3H3,(H,16,18). The van der Waals surface area contributed by atoms with E-state index in [0.29, 0.717) is 13.1 Å². The lowest BCUT2D eigenvalue weighted by Crippen LogP contribution is -2.33. The molecule has 0 aliphatic carbocycles. The normalized spacial score (nSPS) is 10.7. The lowest BCUT2D eigenvalue weighted by Gasteiger charge is -2.14. The third kappa shape index (κ3) is 5.29. The van der Waals surface area contributed by atoms with Crippen LogP contribution < -0.4 is 10.6 Å². The van der Waals surface area contributed by atoms with Crippen molar-refractivity contribution < 1.29 is 4.79 Å². The maximum atomic E-state index is 11.5. The molecule has 0 spiro atoms. The van der Waals surface area contributed by atoms with E-state index in [2.05, 4.69) is 27.7 Å². The maximum absolute atomic E-state index is 11.5. The molecule has 1 aromatic rings. The number of nitrogens with zero attached hydrogens (tertiary/aromatic N) is 1. The average Bonchev–Trinajstić information content (AvgIpc) is 2.34. The Kier molecular flexibility index (Phi) is 6.39. The van der Waals surface area contributed by atoms with E-state index in [9.17, 15) is 4.79 Å². The molecule has 4 heteroatoms. The molecule has 0 saturated heterocycles. The second-order valence-corrected chi connectivity index (χ2v) is 4.56. The minimum atomic E-state index is 0.0384. The summed E-state index contributed by atoms with van der Waals surface area (Å²) in [6.07, 6.45) is 0. The van der Waals surface area contributed by atoms with Crippen LogP contribution in [0.25, 0.3) is 0 Å². The summed E-state index contributed by atoms with van der Waals surface area (Å²) >= 11 is 0. The monoisotopic (exact) mass is 249 g/mol. The van der Waals surface area contributed by atoms with Crippen molar-refractivity contribution in [2.24, 2.45) is 0 Å². The Balaban J connectivity index is 2.53. The molecule has 0 saturated carbocycles. The van der Waals surface area contributed by atoms with Crippen LogP contribution in [0.15, 0.2) is 24.3 Å². The first kappa shape index (κ1) is 14.7. The van der Waals surface area contributed by atoms with Gasteiger partial charge in [0.2, 0.25) is 5.91 Å². The van der Waals surface area contributed by atoms with Crippen molar-refractivity contribution in [2.45, 2.75) is 20.0 Å². The molecule has 1 rings (SSSR count). The van der Waals surface area contributed by atoms with Crippen LogP contribution in [0.3, 0.4) is 0 Å². The maximum Gasteiger partial charge on any atom is 0.234 e. The topological polar surface area (TPSA) is 44.4 Å². The van der Waals surface area contributed by atoms with Gasteiger partial charge in [-0.1, -0.05) is 31.2 Å². The van der Waals surface area contributed by atoms with Gasteiger partial charge in [-0.25, -0.2) is 0 Å². The van der Waals surface area contributed by atoms with Crippen molar-refractivity contribution >= 4 is 5.91 Å². The number of amides is 1. The average molecular weight is 249 g/mol. The van der Waals surface area contributed by atoms with Crippen LogP contribution in [0, 0.1) is 0 Å². The molecule has 2 N–H and O–H groups in total. The van der Waals surface area contributed by atoms with E-state index < -0.39 is 0 Å². The summed E-state index contributed by atoms with van der Waals surface area (Å²) in [6.45, 7) is 4.66. The highest BCUT2D eigenvalue weighted by Crippen LogP contribution is 2.10. The highest BCUT2D eigenvalue weighted by atomic mass is 16.1. The number of likely N-dealkylation sites (N-methyl/N-ethyl adjacent to an activating group) is 1. The zero-order valence-electron chi connectivity index (χ0n) is 11.5. The third-order valence-corrected chi connectivity index (χ3v) is 2.62. The number of hydrogen-bond acceptors (Lipinski definition) is 3. The highest BCUT2D eigenvalue weighted by molar-refractivity contribution is 5.77. The van der Waals surface area contributed by atoms with Crippen molar-refractivity contribution in [1.82, 2.24) is 15.5 Å². The van der Waals surface area contributed by atoms with Crippen LogP contribution in [0.1, 0.15) is 18.1 Å². The molecule has 0 radical (unpaired) electrons. The minimum Gasteiger partial charge on any atom is -0.351 e. The molecule has 4 nitrogen and oxygen atoms in total. The summed E-state index contributed by atoms with van der Waals surface area (Å²) in [7, 11) is 4.08. The molecule has 0 aliphatic heterocycles. The van der Waals surface area contributed by atoms with E-state index >= 15 is 0 Å². The Bertz CT molecular complexity index is 377. The summed E-state index contributed by atoms with van der Waals surface area (Å²) in [4.78, 5) is 13.6. The van der Waals surface area contributed by atoms with Crippen molar-refractivity contribution in [1.29, 1.82) is 0 Å². The van der Waals surface area contributed by atoms with E-state index in [1.807, 2.05) is 33.2 Å². The molecule has 0 heterocycles. The Hall–Kier alpha value is -1.39. The SMILES string of the molecule is CCNCC(=O)NCc1ccccc1CN(C)C. The van der Waals surface area contributed by atoms with Gasteiger partial charge in [0.05, 0.1) is 6.54 Å². The van der Waals surface area contributed by atoms with Gasteiger partial charge in [-0.3, -0.25) is 4.79 Å².